The number of hydrogen-bond donors (Lipinski definition) is 0. The smallest absolute Gasteiger partial charge is 0.133 e. The summed E-state index contributed by atoms with van der Waals surface area (Å²) in [5, 5.41) is 0. The summed E-state index contributed by atoms with van der Waals surface area (Å²) in [5.41, 5.74) is 6.07. The first kappa shape index (κ1) is 12.0. The Labute approximate surface area is 123 Å². The van der Waals surface area contributed by atoms with Gasteiger partial charge in [-0.25, -0.2) is 0 Å². The Bertz CT molecular complexity index is 829. The molecule has 0 saturated heterocycles. The Hall–Kier alpha value is -2.80. The van der Waals surface area contributed by atoms with Crippen LogP contribution >= 0.6 is 0 Å². The number of benzene rings is 1. The molecule has 1 heteroatoms. The molecule has 2 aromatic rings. The van der Waals surface area contributed by atoms with Gasteiger partial charge in [0.15, 0.2) is 0 Å². The van der Waals surface area contributed by atoms with Gasteiger partial charge in [-0.2, -0.15) is 0 Å². The van der Waals surface area contributed by atoms with Crippen LogP contribution in [0.1, 0.15) is 0 Å². The SMILES string of the molecule is c1ccc(-c2ccccc3cc(-c4ccco4)cc2-3)cc1. The lowest BCUT2D eigenvalue weighted by molar-refractivity contribution is 0.582. The monoisotopic (exact) mass is 270 g/mol. The third-order valence-electron chi connectivity index (χ3n) is 3.75. The number of furan rings is 1. The van der Waals surface area contributed by atoms with Crippen LogP contribution in [0.3, 0.4) is 0 Å². The first-order valence-corrected chi connectivity index (χ1v) is 7.04. The van der Waals surface area contributed by atoms with Gasteiger partial charge in [0.1, 0.15) is 5.76 Å². The molecule has 0 spiro atoms. The molecule has 1 aromatic heterocycles. The van der Waals surface area contributed by atoms with Crippen LogP contribution < -0.4 is 0 Å². The second-order valence-electron chi connectivity index (χ2n) is 5.09. The maximum atomic E-state index is 5.52. The normalized spacial score (nSPS) is 10.9. The molecule has 0 unspecified atom stereocenters. The molecule has 2 aliphatic carbocycles. The van der Waals surface area contributed by atoms with E-state index in [1.165, 1.54) is 22.3 Å². The molecule has 0 amide bonds. The van der Waals surface area contributed by atoms with Gasteiger partial charge in [-0.3, -0.25) is 0 Å². The second kappa shape index (κ2) is 4.95. The molecule has 21 heavy (non-hydrogen) atoms. The van der Waals surface area contributed by atoms with Crippen LogP contribution in [0.25, 0.3) is 33.6 Å². The maximum Gasteiger partial charge on any atom is 0.133 e. The molecular weight excluding hydrogens is 256 g/mol. The summed E-state index contributed by atoms with van der Waals surface area (Å²) in [4.78, 5) is 0. The van der Waals surface area contributed by atoms with E-state index in [4.69, 9.17) is 4.42 Å². The number of rotatable bonds is 2. The van der Waals surface area contributed by atoms with Gasteiger partial charge in [-0.15, -0.1) is 0 Å². The predicted octanol–water partition coefficient (Wildman–Crippen LogP) is 5.72. The molecule has 100 valence electrons. The van der Waals surface area contributed by atoms with Gasteiger partial charge in [0.2, 0.25) is 0 Å². The van der Waals surface area contributed by atoms with Gasteiger partial charge in [0, 0.05) is 5.56 Å². The highest BCUT2D eigenvalue weighted by Gasteiger charge is 2.13. The predicted molar refractivity (Wildman–Crippen MR) is 86.2 cm³/mol. The third-order valence-corrected chi connectivity index (χ3v) is 3.75. The van der Waals surface area contributed by atoms with Crippen LogP contribution in [0, 0.1) is 0 Å². The van der Waals surface area contributed by atoms with E-state index in [2.05, 4.69) is 60.7 Å². The number of fused-ring (bicyclic) bond motifs is 1. The zero-order valence-electron chi connectivity index (χ0n) is 11.5. The minimum atomic E-state index is 0.910. The molecule has 0 fully saturated rings. The van der Waals surface area contributed by atoms with Crippen molar-refractivity contribution in [2.24, 2.45) is 0 Å². The highest BCUT2D eigenvalue weighted by molar-refractivity contribution is 5.89. The summed E-state index contributed by atoms with van der Waals surface area (Å²) in [6.45, 7) is 0. The van der Waals surface area contributed by atoms with E-state index in [1.54, 1.807) is 6.26 Å². The summed E-state index contributed by atoms with van der Waals surface area (Å²) >= 11 is 0. The molecule has 0 atom stereocenters. The number of hydrogen-bond acceptors (Lipinski definition) is 1. The van der Waals surface area contributed by atoms with Crippen LogP contribution in [-0.2, 0) is 0 Å². The van der Waals surface area contributed by atoms with Crippen molar-refractivity contribution in [3.05, 3.63) is 85.1 Å². The van der Waals surface area contributed by atoms with Crippen LogP contribution in [-0.4, -0.2) is 0 Å². The van der Waals surface area contributed by atoms with Gasteiger partial charge in [-0.1, -0.05) is 54.6 Å². The van der Waals surface area contributed by atoms with Crippen molar-refractivity contribution in [1.82, 2.24) is 0 Å². The van der Waals surface area contributed by atoms with Crippen LogP contribution in [0.4, 0.5) is 0 Å². The Morgan fingerprint density at radius 2 is 1.29 bits per heavy atom. The molecule has 0 saturated carbocycles. The Kier molecular flexibility index (Phi) is 2.82. The molecule has 2 aliphatic rings. The fourth-order valence-corrected chi connectivity index (χ4v) is 2.75. The van der Waals surface area contributed by atoms with Gasteiger partial charge in [0.05, 0.1) is 6.26 Å². The molecular formula is C20H14O. The first-order valence-electron chi connectivity index (χ1n) is 7.04. The lowest BCUT2D eigenvalue weighted by Gasteiger charge is -2.03. The molecule has 1 aromatic carbocycles. The van der Waals surface area contributed by atoms with Crippen molar-refractivity contribution in [3.63, 3.8) is 0 Å². The van der Waals surface area contributed by atoms with E-state index in [0.717, 1.165) is 11.3 Å². The van der Waals surface area contributed by atoms with E-state index in [-0.39, 0.29) is 0 Å². The molecule has 0 N–H and O–H groups in total. The summed E-state index contributed by atoms with van der Waals surface area (Å²) in [5.74, 6) is 0.910. The largest absolute Gasteiger partial charge is 0.464 e. The van der Waals surface area contributed by atoms with E-state index < -0.39 is 0 Å². The van der Waals surface area contributed by atoms with Crippen molar-refractivity contribution in [3.8, 4) is 33.6 Å². The molecule has 0 bridgehead atoms. The summed E-state index contributed by atoms with van der Waals surface area (Å²) in [6.07, 6.45) is 1.71. The highest BCUT2D eigenvalue weighted by Crippen LogP contribution is 2.38. The summed E-state index contributed by atoms with van der Waals surface area (Å²) in [7, 11) is 0. The van der Waals surface area contributed by atoms with E-state index in [0.29, 0.717) is 0 Å². The lowest BCUT2D eigenvalue weighted by Crippen LogP contribution is -1.77. The van der Waals surface area contributed by atoms with Gasteiger partial charge in [0.25, 0.3) is 0 Å². The summed E-state index contributed by atoms with van der Waals surface area (Å²) in [6, 6.07) is 27.3. The minimum Gasteiger partial charge on any atom is -0.464 e. The van der Waals surface area contributed by atoms with E-state index in [9.17, 15) is 0 Å². The Morgan fingerprint density at radius 3 is 2.10 bits per heavy atom. The first-order chi connectivity index (χ1) is 10.4. The fraction of sp³-hybridized carbons (Fsp3) is 0. The van der Waals surface area contributed by atoms with Crippen LogP contribution in [0.15, 0.2) is 89.5 Å². The average Bonchev–Trinajstić information content (AvgIpc) is 3.15. The Morgan fingerprint density at radius 1 is 0.524 bits per heavy atom. The standard InChI is InChI=1S/C20H14O/c1-2-7-15(8-3-1)18-10-5-4-9-16-13-17(14-19(16)18)20-11-6-12-21-20/h1-14H. The van der Waals surface area contributed by atoms with Crippen molar-refractivity contribution < 1.29 is 4.42 Å². The highest BCUT2D eigenvalue weighted by atomic mass is 16.3. The molecule has 1 nitrogen and oxygen atoms in total. The van der Waals surface area contributed by atoms with E-state index >= 15 is 0 Å². The molecule has 0 aliphatic heterocycles. The van der Waals surface area contributed by atoms with Crippen molar-refractivity contribution in [1.29, 1.82) is 0 Å². The quantitative estimate of drug-likeness (QED) is 0.454. The molecule has 0 radical (unpaired) electrons. The van der Waals surface area contributed by atoms with Gasteiger partial charge in [-0.05, 0) is 46.5 Å². The van der Waals surface area contributed by atoms with Crippen molar-refractivity contribution in [2.75, 3.05) is 0 Å². The zero-order chi connectivity index (χ0) is 14.1. The fourth-order valence-electron chi connectivity index (χ4n) is 2.75. The second-order valence-corrected chi connectivity index (χ2v) is 5.09. The minimum absolute atomic E-state index is 0.910. The van der Waals surface area contributed by atoms with Crippen LogP contribution in [0.5, 0.6) is 0 Å². The zero-order valence-corrected chi connectivity index (χ0v) is 11.5. The topological polar surface area (TPSA) is 13.1 Å². The van der Waals surface area contributed by atoms with Crippen molar-refractivity contribution in [2.45, 2.75) is 0 Å². The van der Waals surface area contributed by atoms with Crippen molar-refractivity contribution >= 4 is 0 Å². The van der Waals surface area contributed by atoms with Gasteiger partial charge < -0.3 is 4.42 Å². The molecule has 4 rings (SSSR count). The Balaban J connectivity index is 1.96. The molecule has 1 heterocycles. The van der Waals surface area contributed by atoms with Gasteiger partial charge >= 0.3 is 0 Å². The van der Waals surface area contributed by atoms with E-state index in [1.807, 2.05) is 18.2 Å². The summed E-state index contributed by atoms with van der Waals surface area (Å²) < 4.78 is 5.52. The lowest BCUT2D eigenvalue weighted by atomic mass is 10.0. The maximum absolute atomic E-state index is 5.52. The van der Waals surface area contributed by atoms with Crippen LogP contribution in [0.2, 0.25) is 0 Å². The third kappa shape index (κ3) is 2.13. The average molecular weight is 270 g/mol.